The van der Waals surface area contributed by atoms with Crippen LogP contribution in [0.25, 0.3) is 0 Å². The van der Waals surface area contributed by atoms with Gasteiger partial charge in [-0.05, 0) is 42.7 Å². The quantitative estimate of drug-likeness (QED) is 0.925. The van der Waals surface area contributed by atoms with Crippen molar-refractivity contribution in [1.29, 1.82) is 0 Å². The Morgan fingerprint density at radius 2 is 2.15 bits per heavy atom. The molecule has 1 saturated heterocycles. The van der Waals surface area contributed by atoms with Crippen molar-refractivity contribution in [2.45, 2.75) is 44.8 Å². The lowest BCUT2D eigenvalue weighted by Crippen LogP contribution is -2.64. The summed E-state index contributed by atoms with van der Waals surface area (Å²) in [4.78, 5) is 16.6. The van der Waals surface area contributed by atoms with Crippen LogP contribution in [0.1, 0.15) is 38.8 Å². The van der Waals surface area contributed by atoms with Gasteiger partial charge in [-0.15, -0.1) is 0 Å². The summed E-state index contributed by atoms with van der Waals surface area (Å²) in [5.74, 6) is 0.173. The van der Waals surface area contributed by atoms with Gasteiger partial charge in [0.15, 0.2) is 0 Å². The van der Waals surface area contributed by atoms with Gasteiger partial charge in [0.1, 0.15) is 0 Å². The Bertz CT molecular complexity index is 458. The van der Waals surface area contributed by atoms with E-state index in [0.717, 1.165) is 19.5 Å². The molecule has 0 radical (unpaired) electrons. The Morgan fingerprint density at radius 3 is 2.70 bits per heavy atom. The zero-order valence-electron chi connectivity index (χ0n) is 12.8. The summed E-state index contributed by atoms with van der Waals surface area (Å²) in [7, 11) is 1.88. The summed E-state index contributed by atoms with van der Waals surface area (Å²) in [5, 5.41) is 4.23. The molecular weight excluding hydrogens is 270 g/mol. The van der Waals surface area contributed by atoms with Crippen LogP contribution < -0.4 is 5.73 Å². The number of nitrogens with zero attached hydrogens (tertiary/aromatic N) is 2. The number of thiophene rings is 1. The van der Waals surface area contributed by atoms with E-state index >= 15 is 0 Å². The van der Waals surface area contributed by atoms with Crippen molar-refractivity contribution in [3.63, 3.8) is 0 Å². The average Bonchev–Trinajstić information content (AvgIpc) is 2.93. The van der Waals surface area contributed by atoms with Crippen LogP contribution in [-0.2, 0) is 4.79 Å². The average molecular weight is 295 g/mol. The molecule has 112 valence electrons. The smallest absolute Gasteiger partial charge is 0.242 e. The van der Waals surface area contributed by atoms with Crippen molar-refractivity contribution >= 4 is 17.2 Å². The molecule has 2 N–H and O–H groups in total. The van der Waals surface area contributed by atoms with Gasteiger partial charge >= 0.3 is 0 Å². The maximum Gasteiger partial charge on any atom is 0.242 e. The highest BCUT2D eigenvalue weighted by atomic mass is 32.1. The molecule has 20 heavy (non-hydrogen) atoms. The minimum absolute atomic E-state index is 0.0417. The van der Waals surface area contributed by atoms with Crippen LogP contribution in [0.4, 0.5) is 0 Å². The second-order valence-electron chi connectivity index (χ2n) is 6.05. The number of carbonyl (C=O) groups is 1. The lowest BCUT2D eigenvalue weighted by atomic mass is 9.89. The van der Waals surface area contributed by atoms with Gasteiger partial charge in [-0.1, -0.05) is 6.92 Å². The highest BCUT2D eigenvalue weighted by molar-refractivity contribution is 7.07. The van der Waals surface area contributed by atoms with Gasteiger partial charge in [0.2, 0.25) is 5.91 Å². The molecule has 5 heteroatoms. The molecule has 0 aliphatic carbocycles. The molecule has 2 atom stereocenters. The molecule has 0 aromatic carbocycles. The molecule has 1 fully saturated rings. The van der Waals surface area contributed by atoms with E-state index in [0.29, 0.717) is 0 Å². The van der Waals surface area contributed by atoms with Gasteiger partial charge in [-0.2, -0.15) is 11.3 Å². The summed E-state index contributed by atoms with van der Waals surface area (Å²) in [6, 6.07) is 2.28. The standard InChI is InChI=1S/C15H25N3OS/c1-5-12(16)13(11-6-9-20-10-11)18-8-7-17(4)14(19)15(18,2)3/h6,9-10,12-13H,5,7-8,16H2,1-4H3. The third kappa shape index (κ3) is 2.62. The van der Waals surface area contributed by atoms with Crippen LogP contribution in [0.5, 0.6) is 0 Å². The molecule has 4 nitrogen and oxygen atoms in total. The molecule has 1 aliphatic rings. The molecule has 0 saturated carbocycles. The number of nitrogens with two attached hydrogens (primary N) is 1. The largest absolute Gasteiger partial charge is 0.343 e. The first kappa shape index (κ1) is 15.5. The molecule has 1 aromatic rings. The van der Waals surface area contributed by atoms with Gasteiger partial charge in [-0.25, -0.2) is 0 Å². The van der Waals surface area contributed by atoms with Crippen LogP contribution in [0.15, 0.2) is 16.8 Å². The van der Waals surface area contributed by atoms with Crippen LogP contribution >= 0.6 is 11.3 Å². The Balaban J connectivity index is 2.36. The number of hydrogen-bond donors (Lipinski definition) is 1. The molecule has 0 spiro atoms. The fraction of sp³-hybridized carbons (Fsp3) is 0.667. The van der Waals surface area contributed by atoms with Gasteiger partial charge in [-0.3, -0.25) is 9.69 Å². The first-order chi connectivity index (χ1) is 9.39. The van der Waals surface area contributed by atoms with E-state index in [1.165, 1.54) is 5.56 Å². The molecule has 2 heterocycles. The predicted octanol–water partition coefficient (Wildman–Crippen LogP) is 2.08. The van der Waals surface area contributed by atoms with E-state index in [9.17, 15) is 4.79 Å². The van der Waals surface area contributed by atoms with Gasteiger partial charge < -0.3 is 10.6 Å². The van der Waals surface area contributed by atoms with Crippen molar-refractivity contribution in [1.82, 2.24) is 9.80 Å². The number of piperazine rings is 1. The number of hydrogen-bond acceptors (Lipinski definition) is 4. The molecule has 1 aromatic heterocycles. The van der Waals surface area contributed by atoms with E-state index in [1.54, 1.807) is 11.3 Å². The summed E-state index contributed by atoms with van der Waals surface area (Å²) in [6.07, 6.45) is 0.900. The van der Waals surface area contributed by atoms with Crippen LogP contribution in [0.3, 0.4) is 0 Å². The number of carbonyl (C=O) groups excluding carboxylic acids is 1. The summed E-state index contributed by atoms with van der Waals surface area (Å²) in [5.41, 5.74) is 7.10. The van der Waals surface area contributed by atoms with Crippen LogP contribution in [0, 0.1) is 0 Å². The SMILES string of the molecule is CCC(N)C(c1ccsc1)N1CCN(C)C(=O)C1(C)C. The Hall–Kier alpha value is -0.910. The molecule has 0 bridgehead atoms. The maximum absolute atomic E-state index is 12.5. The highest BCUT2D eigenvalue weighted by Gasteiger charge is 2.45. The second kappa shape index (κ2) is 5.84. The minimum Gasteiger partial charge on any atom is -0.343 e. The van der Waals surface area contributed by atoms with Crippen molar-refractivity contribution in [2.24, 2.45) is 5.73 Å². The Morgan fingerprint density at radius 1 is 1.45 bits per heavy atom. The van der Waals surface area contributed by atoms with Crippen LogP contribution in [-0.4, -0.2) is 47.4 Å². The predicted molar refractivity (Wildman–Crippen MR) is 83.7 cm³/mol. The molecular formula is C15H25N3OS. The molecule has 1 amide bonds. The van der Waals surface area contributed by atoms with Gasteiger partial charge in [0.05, 0.1) is 11.6 Å². The number of amides is 1. The monoisotopic (exact) mass is 295 g/mol. The molecule has 2 rings (SSSR count). The first-order valence-corrected chi connectivity index (χ1v) is 8.13. The van der Waals surface area contributed by atoms with Crippen molar-refractivity contribution in [2.75, 3.05) is 20.1 Å². The van der Waals surface area contributed by atoms with E-state index in [-0.39, 0.29) is 18.0 Å². The number of rotatable bonds is 4. The lowest BCUT2D eigenvalue weighted by Gasteiger charge is -2.49. The topological polar surface area (TPSA) is 49.6 Å². The lowest BCUT2D eigenvalue weighted by molar-refractivity contribution is -0.150. The summed E-state index contributed by atoms with van der Waals surface area (Å²) >= 11 is 1.68. The van der Waals surface area contributed by atoms with E-state index in [4.69, 9.17) is 5.73 Å². The molecule has 1 aliphatic heterocycles. The zero-order valence-corrected chi connectivity index (χ0v) is 13.6. The fourth-order valence-electron chi connectivity index (χ4n) is 3.04. The Kier molecular flexibility index (Phi) is 4.52. The maximum atomic E-state index is 12.5. The summed E-state index contributed by atoms with van der Waals surface area (Å²) in [6.45, 7) is 7.75. The molecule has 2 unspecified atom stereocenters. The van der Waals surface area contributed by atoms with Crippen molar-refractivity contribution in [3.05, 3.63) is 22.4 Å². The van der Waals surface area contributed by atoms with Crippen LogP contribution in [0.2, 0.25) is 0 Å². The van der Waals surface area contributed by atoms with Crippen molar-refractivity contribution in [3.8, 4) is 0 Å². The van der Waals surface area contributed by atoms with Crippen molar-refractivity contribution < 1.29 is 4.79 Å². The number of likely N-dealkylation sites (N-methyl/N-ethyl adjacent to an activating group) is 1. The zero-order chi connectivity index (χ0) is 14.9. The Labute approximate surface area is 125 Å². The third-order valence-corrected chi connectivity index (χ3v) is 5.06. The minimum atomic E-state index is -0.508. The fourth-order valence-corrected chi connectivity index (χ4v) is 3.73. The highest BCUT2D eigenvalue weighted by Crippen LogP contribution is 2.35. The van der Waals surface area contributed by atoms with E-state index in [2.05, 4.69) is 28.7 Å². The van der Waals surface area contributed by atoms with Gasteiger partial charge in [0, 0.05) is 26.2 Å². The normalized spacial score (nSPS) is 22.9. The summed E-state index contributed by atoms with van der Waals surface area (Å²) < 4.78 is 0. The second-order valence-corrected chi connectivity index (χ2v) is 6.83. The van der Waals surface area contributed by atoms with E-state index in [1.807, 2.05) is 25.8 Å². The van der Waals surface area contributed by atoms with E-state index < -0.39 is 5.54 Å². The third-order valence-electron chi connectivity index (χ3n) is 4.36. The van der Waals surface area contributed by atoms with Gasteiger partial charge in [0.25, 0.3) is 0 Å². The first-order valence-electron chi connectivity index (χ1n) is 7.19.